The second kappa shape index (κ2) is 13.7. The van der Waals surface area contributed by atoms with Gasteiger partial charge in [0, 0.05) is 0 Å². The quantitative estimate of drug-likeness (QED) is 0.612. The second-order valence-electron chi connectivity index (χ2n) is 0.429. The van der Waals surface area contributed by atoms with E-state index < -0.39 is 29.4 Å². The minimum atomic E-state index is -1.92. The molecule has 0 heterocycles. The monoisotopic (exact) mass is 324 g/mol. The van der Waals surface area contributed by atoms with Crippen LogP contribution in [0, 0.1) is 0 Å². The van der Waals surface area contributed by atoms with Gasteiger partial charge >= 0.3 is 85.2 Å². The van der Waals surface area contributed by atoms with Crippen LogP contribution < -0.4 is 0 Å². The first-order valence-corrected chi connectivity index (χ1v) is 14.0. The van der Waals surface area contributed by atoms with Gasteiger partial charge in [0.1, 0.15) is 0 Å². The first-order chi connectivity index (χ1) is 3.46. The Morgan fingerprint density at radius 3 is 0.556 bits per heavy atom. The normalized spacial score (nSPS) is 6.00. The van der Waals surface area contributed by atoms with Crippen LogP contribution in [-0.4, -0.2) is 5.48 Å². The summed E-state index contributed by atoms with van der Waals surface area (Å²) >= 11 is -3.83. The minimum absolute atomic E-state index is 0. The Labute approximate surface area is 89.1 Å². The van der Waals surface area contributed by atoms with E-state index in [-0.39, 0.29) is 5.48 Å². The summed E-state index contributed by atoms with van der Waals surface area (Å²) in [6, 6.07) is 0. The molecule has 0 atom stereocenters. The zero-order chi connectivity index (χ0) is 7.15. The molecule has 0 saturated carbocycles. The molecule has 0 aromatic heterocycles. The molecule has 0 fully saturated rings. The van der Waals surface area contributed by atoms with Gasteiger partial charge in [-0.25, -0.2) is 0 Å². The Hall–Kier alpha value is 3.13. The second-order valence-corrected chi connectivity index (χ2v) is 15.9. The van der Waals surface area contributed by atoms with Crippen LogP contribution in [0.15, 0.2) is 0 Å². The van der Waals surface area contributed by atoms with E-state index in [1.807, 2.05) is 0 Å². The molecule has 9 heteroatoms. The first kappa shape index (κ1) is 18.0. The van der Waals surface area contributed by atoms with Gasteiger partial charge in [-0.3, -0.25) is 0 Å². The van der Waals surface area contributed by atoms with Crippen molar-refractivity contribution in [3.63, 3.8) is 0 Å². The van der Waals surface area contributed by atoms with E-state index in [0.29, 0.717) is 0 Å². The molecule has 0 aliphatic carbocycles. The van der Waals surface area contributed by atoms with Crippen LogP contribution in [0.25, 0.3) is 0 Å². The summed E-state index contributed by atoms with van der Waals surface area (Å²) in [5, 5.41) is 0. The number of hydrogen-bond acceptors (Lipinski definition) is 0. The predicted octanol–water partition coefficient (Wildman–Crippen LogP) is 3.31. The van der Waals surface area contributed by atoms with Gasteiger partial charge in [0.15, 0.2) is 0 Å². The number of hydrogen-bond donors (Lipinski definition) is 0. The number of rotatable bonds is 0. The third-order valence-electron chi connectivity index (χ3n) is 0. The van der Waals surface area contributed by atoms with Crippen molar-refractivity contribution in [3.05, 3.63) is 0 Å². The Balaban J connectivity index is -0.0000000720. The topological polar surface area (TPSA) is 31.5 Å². The molecule has 1 nitrogen and oxygen atoms in total. The summed E-state index contributed by atoms with van der Waals surface area (Å²) in [6.07, 6.45) is 0. The average molecular weight is 326 g/mol. The summed E-state index contributed by atoms with van der Waals surface area (Å²) in [5.41, 5.74) is 0. The predicted molar refractivity (Wildman–Crippen MR) is 38.7 cm³/mol. The summed E-state index contributed by atoms with van der Waals surface area (Å²) in [6.45, 7) is 0. The maximum absolute atomic E-state index is 4.97. The van der Waals surface area contributed by atoms with Gasteiger partial charge in [0.2, 0.25) is 0 Å². The van der Waals surface area contributed by atoms with Crippen molar-refractivity contribution in [2.75, 3.05) is 0 Å². The average Bonchev–Trinajstić information content (AvgIpc) is 1.25. The number of halogens is 6. The molecular formula is H2Cl6OTi2. The third kappa shape index (κ3) is 94.7. The Bertz CT molecular complexity index is 26.5. The Kier molecular flexibility index (Phi) is 27.4. The van der Waals surface area contributed by atoms with Gasteiger partial charge in [0.05, 0.1) is 0 Å². The van der Waals surface area contributed by atoms with Gasteiger partial charge in [-0.05, 0) is 0 Å². The van der Waals surface area contributed by atoms with Crippen LogP contribution in [0.1, 0.15) is 0 Å². The molecule has 0 aliphatic rings. The van der Waals surface area contributed by atoms with E-state index in [9.17, 15) is 0 Å². The third-order valence-corrected chi connectivity index (χ3v) is 0. The van der Waals surface area contributed by atoms with Crippen LogP contribution in [0.5, 0.6) is 0 Å². The fourth-order valence-corrected chi connectivity index (χ4v) is 0. The summed E-state index contributed by atoms with van der Waals surface area (Å²) < 4.78 is 0. The summed E-state index contributed by atoms with van der Waals surface area (Å²) in [4.78, 5) is 0. The molecule has 9 heavy (non-hydrogen) atoms. The maximum atomic E-state index is 4.97. The van der Waals surface area contributed by atoms with Gasteiger partial charge in [0.25, 0.3) is 0 Å². The van der Waals surface area contributed by atoms with E-state index in [1.54, 1.807) is 0 Å². The molecule has 58 valence electrons. The standard InChI is InChI=1S/6ClH.H2O.2Ti/h6*1H;1H2;;/q;;;;;;;2*+3/p-6. The molecule has 2 N–H and O–H groups in total. The van der Waals surface area contributed by atoms with Crippen molar-refractivity contribution in [3.8, 4) is 0 Å². The molecule has 0 rings (SSSR count). The molecular weight excluding hydrogens is 324 g/mol. The van der Waals surface area contributed by atoms with E-state index in [4.69, 9.17) is 55.8 Å². The fraction of sp³-hybridized carbons (Fsp3) is 0. The van der Waals surface area contributed by atoms with Crippen LogP contribution in [0.4, 0.5) is 0 Å². The van der Waals surface area contributed by atoms with E-state index in [1.165, 1.54) is 0 Å². The van der Waals surface area contributed by atoms with Gasteiger partial charge < -0.3 is 5.48 Å². The molecule has 0 aromatic carbocycles. The summed E-state index contributed by atoms with van der Waals surface area (Å²) in [5.74, 6) is 0. The van der Waals surface area contributed by atoms with Crippen molar-refractivity contribution in [2.45, 2.75) is 0 Å². The first-order valence-electron chi connectivity index (χ1n) is 1.13. The fourth-order valence-electron chi connectivity index (χ4n) is 0. The van der Waals surface area contributed by atoms with Crippen molar-refractivity contribution < 1.29 is 34.9 Å². The van der Waals surface area contributed by atoms with Crippen LogP contribution in [0.3, 0.4) is 0 Å². The van der Waals surface area contributed by atoms with Crippen molar-refractivity contribution in [1.29, 1.82) is 0 Å². The molecule has 0 bridgehead atoms. The molecule has 0 amide bonds. The summed E-state index contributed by atoms with van der Waals surface area (Å²) in [7, 11) is 29.8. The molecule has 0 aliphatic heterocycles. The van der Waals surface area contributed by atoms with E-state index in [2.05, 4.69) is 0 Å². The Morgan fingerprint density at radius 1 is 0.556 bits per heavy atom. The molecule has 0 saturated heterocycles. The van der Waals surface area contributed by atoms with Crippen molar-refractivity contribution >= 4 is 55.8 Å². The Morgan fingerprint density at radius 2 is 0.556 bits per heavy atom. The van der Waals surface area contributed by atoms with Crippen molar-refractivity contribution in [1.82, 2.24) is 0 Å². The van der Waals surface area contributed by atoms with Gasteiger partial charge in [-0.2, -0.15) is 0 Å². The van der Waals surface area contributed by atoms with Crippen LogP contribution >= 0.6 is 55.8 Å². The van der Waals surface area contributed by atoms with Gasteiger partial charge in [-0.1, -0.05) is 0 Å². The van der Waals surface area contributed by atoms with E-state index in [0.717, 1.165) is 0 Å². The van der Waals surface area contributed by atoms with Gasteiger partial charge in [-0.15, -0.1) is 0 Å². The molecule has 0 aromatic rings. The zero-order valence-electron chi connectivity index (χ0n) is 3.77. The van der Waals surface area contributed by atoms with Crippen LogP contribution in [0.2, 0.25) is 0 Å². The van der Waals surface area contributed by atoms with E-state index >= 15 is 0 Å². The van der Waals surface area contributed by atoms with Crippen molar-refractivity contribution in [2.24, 2.45) is 0 Å². The molecule has 0 radical (unpaired) electrons. The zero-order valence-corrected chi connectivity index (χ0v) is 11.4. The SMILES string of the molecule is O.[Cl][Ti]([Cl])[Cl].[Cl][Ti]([Cl])[Cl]. The molecule has 0 unspecified atom stereocenters. The molecule has 0 spiro atoms. The van der Waals surface area contributed by atoms with Crippen LogP contribution in [-0.2, 0) is 29.4 Å².